The van der Waals surface area contributed by atoms with Gasteiger partial charge in [0.1, 0.15) is 0 Å². The summed E-state index contributed by atoms with van der Waals surface area (Å²) in [6.45, 7) is 1.15. The number of nitrogens with zero attached hydrogens (tertiary/aromatic N) is 4. The number of alkyl halides is 1. The summed E-state index contributed by atoms with van der Waals surface area (Å²) >= 11 is 3.37. The van der Waals surface area contributed by atoms with Crippen LogP contribution in [0.3, 0.4) is 0 Å². The van der Waals surface area contributed by atoms with E-state index in [4.69, 9.17) is 0 Å². The van der Waals surface area contributed by atoms with Gasteiger partial charge in [0.25, 0.3) is 5.56 Å². The second-order valence-electron chi connectivity index (χ2n) is 5.50. The Morgan fingerprint density at radius 1 is 1.12 bits per heavy atom. The van der Waals surface area contributed by atoms with E-state index in [1.807, 2.05) is 34.9 Å². The van der Waals surface area contributed by atoms with Crippen LogP contribution in [0.25, 0.3) is 11.2 Å². The quantitative estimate of drug-likeness (QED) is 0.665. The Kier molecular flexibility index (Phi) is 4.57. The largest absolute Gasteiger partial charge is 0.355 e. The van der Waals surface area contributed by atoms with Gasteiger partial charge < -0.3 is 5.32 Å². The molecule has 0 spiro atoms. The van der Waals surface area contributed by atoms with Gasteiger partial charge in [-0.1, -0.05) is 46.3 Å². The topological polar surface area (TPSA) is 73.8 Å². The maximum Gasteiger partial charge on any atom is 0.332 e. The molecule has 0 amide bonds. The van der Waals surface area contributed by atoms with Gasteiger partial charge in [0.15, 0.2) is 11.2 Å². The summed E-state index contributed by atoms with van der Waals surface area (Å²) in [6.07, 6.45) is 0. The Balaban J connectivity index is 2.27. The standard InChI is InChI=1S/C16H18BrN5O2/c1-20-13-12(14(23)21(2)16(20)24)22(15(19-13)18-9-8-17)10-11-6-4-3-5-7-11/h3-7H,8-10H2,1-2H3,(H,18,19). The maximum atomic E-state index is 12.7. The summed E-state index contributed by atoms with van der Waals surface area (Å²) in [6, 6.07) is 9.84. The van der Waals surface area contributed by atoms with Crippen LogP contribution in [0.4, 0.5) is 5.95 Å². The second-order valence-corrected chi connectivity index (χ2v) is 6.29. The van der Waals surface area contributed by atoms with Crippen molar-refractivity contribution in [1.82, 2.24) is 18.7 Å². The number of halogens is 1. The predicted molar refractivity (Wildman–Crippen MR) is 98.0 cm³/mol. The molecule has 0 aliphatic rings. The van der Waals surface area contributed by atoms with E-state index >= 15 is 0 Å². The SMILES string of the molecule is Cn1c(=O)c2c(nc(NCCBr)n2Cc2ccccc2)n(C)c1=O. The van der Waals surface area contributed by atoms with E-state index in [2.05, 4.69) is 26.2 Å². The van der Waals surface area contributed by atoms with Crippen LogP contribution in [-0.2, 0) is 20.6 Å². The molecule has 0 aliphatic heterocycles. The van der Waals surface area contributed by atoms with Crippen molar-refractivity contribution >= 4 is 33.0 Å². The average molecular weight is 392 g/mol. The highest BCUT2D eigenvalue weighted by Gasteiger charge is 2.19. The van der Waals surface area contributed by atoms with Crippen molar-refractivity contribution in [2.24, 2.45) is 14.1 Å². The summed E-state index contributed by atoms with van der Waals surface area (Å²) in [7, 11) is 3.10. The highest BCUT2D eigenvalue weighted by molar-refractivity contribution is 9.09. The lowest BCUT2D eigenvalue weighted by molar-refractivity contribution is 0.702. The molecule has 8 heteroatoms. The van der Waals surface area contributed by atoms with E-state index in [1.54, 1.807) is 7.05 Å². The molecule has 2 aromatic heterocycles. The zero-order chi connectivity index (χ0) is 17.3. The number of imidazole rings is 1. The van der Waals surface area contributed by atoms with Crippen molar-refractivity contribution in [3.8, 4) is 0 Å². The van der Waals surface area contributed by atoms with Gasteiger partial charge in [0.2, 0.25) is 5.95 Å². The van der Waals surface area contributed by atoms with Gasteiger partial charge in [-0.15, -0.1) is 0 Å². The minimum Gasteiger partial charge on any atom is -0.355 e. The number of nitrogens with one attached hydrogen (secondary N) is 1. The van der Waals surface area contributed by atoms with Crippen LogP contribution in [0.2, 0.25) is 0 Å². The lowest BCUT2D eigenvalue weighted by Gasteiger charge is -2.10. The minimum absolute atomic E-state index is 0.344. The third-order valence-electron chi connectivity index (χ3n) is 3.91. The summed E-state index contributed by atoms with van der Waals surface area (Å²) in [5, 5.41) is 3.96. The maximum absolute atomic E-state index is 12.7. The number of aryl methyl sites for hydroxylation is 1. The van der Waals surface area contributed by atoms with Crippen molar-refractivity contribution < 1.29 is 0 Å². The zero-order valence-corrected chi connectivity index (χ0v) is 15.1. The van der Waals surface area contributed by atoms with E-state index in [0.29, 0.717) is 30.2 Å². The van der Waals surface area contributed by atoms with Gasteiger partial charge in [0, 0.05) is 26.0 Å². The van der Waals surface area contributed by atoms with Gasteiger partial charge in [-0.2, -0.15) is 4.98 Å². The first kappa shape index (κ1) is 16.5. The second kappa shape index (κ2) is 6.64. The summed E-state index contributed by atoms with van der Waals surface area (Å²) in [5.41, 5.74) is 1.12. The van der Waals surface area contributed by atoms with E-state index in [1.165, 1.54) is 11.6 Å². The number of rotatable bonds is 5. The van der Waals surface area contributed by atoms with Crippen molar-refractivity contribution in [3.63, 3.8) is 0 Å². The third-order valence-corrected chi connectivity index (χ3v) is 4.31. The molecule has 24 heavy (non-hydrogen) atoms. The van der Waals surface area contributed by atoms with E-state index in [0.717, 1.165) is 15.5 Å². The lowest BCUT2D eigenvalue weighted by atomic mass is 10.2. The van der Waals surface area contributed by atoms with Crippen molar-refractivity contribution in [3.05, 3.63) is 56.7 Å². The normalized spacial score (nSPS) is 11.1. The number of benzene rings is 1. The summed E-state index contributed by atoms with van der Waals surface area (Å²) < 4.78 is 4.34. The van der Waals surface area contributed by atoms with Crippen LogP contribution in [0, 0.1) is 0 Å². The zero-order valence-electron chi connectivity index (χ0n) is 13.5. The van der Waals surface area contributed by atoms with Crippen molar-refractivity contribution in [2.45, 2.75) is 6.54 Å². The van der Waals surface area contributed by atoms with Gasteiger partial charge in [-0.25, -0.2) is 4.79 Å². The smallest absolute Gasteiger partial charge is 0.332 e. The molecule has 0 saturated heterocycles. The van der Waals surface area contributed by atoms with Gasteiger partial charge in [-0.05, 0) is 5.56 Å². The van der Waals surface area contributed by atoms with E-state index < -0.39 is 0 Å². The molecule has 3 rings (SSSR count). The van der Waals surface area contributed by atoms with Crippen molar-refractivity contribution in [2.75, 3.05) is 17.2 Å². The Morgan fingerprint density at radius 3 is 2.50 bits per heavy atom. The number of anilines is 1. The van der Waals surface area contributed by atoms with Crippen LogP contribution >= 0.6 is 15.9 Å². The molecule has 0 aliphatic carbocycles. The predicted octanol–water partition coefficient (Wildman–Crippen LogP) is 1.29. The number of hydrogen-bond donors (Lipinski definition) is 1. The fourth-order valence-electron chi connectivity index (χ4n) is 2.66. The Hall–Kier alpha value is -2.35. The first-order chi connectivity index (χ1) is 11.5. The molecular weight excluding hydrogens is 374 g/mol. The number of fused-ring (bicyclic) bond motifs is 1. The Bertz CT molecular complexity index is 988. The molecule has 2 heterocycles. The fourth-order valence-corrected chi connectivity index (χ4v) is 2.86. The van der Waals surface area contributed by atoms with Crippen LogP contribution in [0.1, 0.15) is 5.56 Å². The van der Waals surface area contributed by atoms with Crippen LogP contribution in [-0.4, -0.2) is 30.6 Å². The molecule has 0 saturated carbocycles. The van der Waals surface area contributed by atoms with Crippen molar-refractivity contribution in [1.29, 1.82) is 0 Å². The lowest BCUT2D eigenvalue weighted by Crippen LogP contribution is -2.37. The van der Waals surface area contributed by atoms with Gasteiger partial charge in [0.05, 0.1) is 6.54 Å². The van der Waals surface area contributed by atoms with Crippen LogP contribution in [0.5, 0.6) is 0 Å². The molecule has 0 atom stereocenters. The first-order valence-electron chi connectivity index (χ1n) is 7.54. The highest BCUT2D eigenvalue weighted by Crippen LogP contribution is 2.17. The minimum atomic E-state index is -0.385. The number of hydrogen-bond acceptors (Lipinski definition) is 4. The monoisotopic (exact) mass is 391 g/mol. The summed E-state index contributed by atoms with van der Waals surface area (Å²) in [4.78, 5) is 29.3. The Labute approximate surface area is 146 Å². The van der Waals surface area contributed by atoms with Gasteiger partial charge in [-0.3, -0.25) is 18.5 Å². The molecule has 3 aromatic rings. The summed E-state index contributed by atoms with van der Waals surface area (Å²) in [5.74, 6) is 0.576. The molecule has 0 unspecified atom stereocenters. The van der Waals surface area contributed by atoms with Crippen LogP contribution in [0.15, 0.2) is 39.9 Å². The van der Waals surface area contributed by atoms with E-state index in [-0.39, 0.29) is 11.2 Å². The molecule has 1 N–H and O–H groups in total. The fraction of sp³-hybridized carbons (Fsp3) is 0.312. The van der Waals surface area contributed by atoms with E-state index in [9.17, 15) is 9.59 Å². The molecule has 7 nitrogen and oxygen atoms in total. The average Bonchev–Trinajstić information content (AvgIpc) is 2.95. The third kappa shape index (κ3) is 2.77. The number of aromatic nitrogens is 4. The van der Waals surface area contributed by atoms with Gasteiger partial charge >= 0.3 is 5.69 Å². The molecular formula is C16H18BrN5O2. The highest BCUT2D eigenvalue weighted by atomic mass is 79.9. The van der Waals surface area contributed by atoms with Crippen LogP contribution < -0.4 is 16.6 Å². The first-order valence-corrected chi connectivity index (χ1v) is 8.66. The molecule has 1 aromatic carbocycles. The Morgan fingerprint density at radius 2 is 1.83 bits per heavy atom. The molecule has 0 bridgehead atoms. The molecule has 0 fully saturated rings. The molecule has 126 valence electrons. The molecule has 0 radical (unpaired) electrons.